The summed E-state index contributed by atoms with van der Waals surface area (Å²) in [6.07, 6.45) is 9.91. The van der Waals surface area contributed by atoms with Crippen molar-refractivity contribution in [3.05, 3.63) is 12.2 Å². The van der Waals surface area contributed by atoms with Crippen molar-refractivity contribution in [3.8, 4) is 0 Å². The molecule has 0 N–H and O–H groups in total. The summed E-state index contributed by atoms with van der Waals surface area (Å²) in [5.41, 5.74) is 0.0952. The normalized spacial score (nSPS) is 31.2. The third-order valence-electron chi connectivity index (χ3n) is 5.75. The Bertz CT molecular complexity index is 501. The number of carbonyl (C=O) groups excluding carboxylic acids is 1. The lowest BCUT2D eigenvalue weighted by molar-refractivity contribution is -0.316. The first-order valence-corrected chi connectivity index (χ1v) is 12.3. The Balaban J connectivity index is 1.68. The van der Waals surface area contributed by atoms with Crippen LogP contribution in [0.5, 0.6) is 0 Å². The van der Waals surface area contributed by atoms with Gasteiger partial charge in [0.1, 0.15) is 0 Å². The Morgan fingerprint density at radius 2 is 1.85 bits per heavy atom. The topological polar surface area (TPSA) is 35.5 Å². The minimum absolute atomic E-state index is 0.0952. The van der Waals surface area contributed by atoms with Gasteiger partial charge < -0.3 is 9.47 Å². The van der Waals surface area contributed by atoms with Crippen molar-refractivity contribution in [3.63, 3.8) is 0 Å². The van der Waals surface area contributed by atoms with Crippen molar-refractivity contribution in [2.45, 2.75) is 69.7 Å². The number of ketones is 1. The monoisotopic (exact) mass is 398 g/mol. The van der Waals surface area contributed by atoms with E-state index >= 15 is 0 Å². The van der Waals surface area contributed by atoms with E-state index in [0.717, 1.165) is 43.5 Å². The summed E-state index contributed by atoms with van der Waals surface area (Å²) in [7, 11) is 0. The predicted molar refractivity (Wildman–Crippen MR) is 112 cm³/mol. The lowest BCUT2D eigenvalue weighted by atomic mass is 9.86. The minimum atomic E-state index is -0.424. The molecule has 148 valence electrons. The molecule has 26 heavy (non-hydrogen) atoms. The van der Waals surface area contributed by atoms with Gasteiger partial charge in [0.15, 0.2) is 11.6 Å². The Morgan fingerprint density at radius 1 is 1.15 bits per heavy atom. The zero-order chi connectivity index (χ0) is 18.6. The molecule has 1 aliphatic carbocycles. The van der Waals surface area contributed by atoms with Gasteiger partial charge in [-0.1, -0.05) is 26.8 Å². The van der Waals surface area contributed by atoms with E-state index in [0.29, 0.717) is 18.3 Å². The second-order valence-electron chi connectivity index (χ2n) is 8.69. The van der Waals surface area contributed by atoms with Gasteiger partial charge >= 0.3 is 0 Å². The Labute approximate surface area is 167 Å². The molecule has 0 unspecified atom stereocenters. The van der Waals surface area contributed by atoms with Crippen LogP contribution in [0.1, 0.15) is 59.3 Å². The fourth-order valence-corrected chi connectivity index (χ4v) is 7.14. The smallest absolute Gasteiger partial charge is 0.171 e. The fraction of sp³-hybridized carbons (Fsp3) is 0.857. The standard InChI is InChI=1S/C21H34O3S2/c1-4-5-17(22)7-6-16-10-11-21(23-14-20(2,3)15-24-21)18(16)8-9-19-25-12-13-26-19/h6-7,16,18-19H,4-5,8-15H2,1-3H3/t16-,18+/m0/s1. The molecule has 1 spiro atoms. The van der Waals surface area contributed by atoms with Crippen LogP contribution in [0, 0.1) is 17.3 Å². The van der Waals surface area contributed by atoms with E-state index in [1.807, 2.05) is 6.08 Å². The summed E-state index contributed by atoms with van der Waals surface area (Å²) in [6, 6.07) is 0. The molecule has 2 aliphatic heterocycles. The summed E-state index contributed by atoms with van der Waals surface area (Å²) >= 11 is 4.19. The Hall–Kier alpha value is 0.0300. The number of hydrogen-bond donors (Lipinski definition) is 0. The summed E-state index contributed by atoms with van der Waals surface area (Å²) in [4.78, 5) is 12.0. The van der Waals surface area contributed by atoms with E-state index in [4.69, 9.17) is 9.47 Å². The largest absolute Gasteiger partial charge is 0.349 e. The number of ether oxygens (including phenoxy) is 2. The van der Waals surface area contributed by atoms with Crippen LogP contribution in [-0.4, -0.2) is 40.9 Å². The third-order valence-corrected chi connectivity index (χ3v) is 8.92. The molecule has 2 saturated heterocycles. The number of hydrogen-bond acceptors (Lipinski definition) is 5. The van der Waals surface area contributed by atoms with Crippen LogP contribution in [0.15, 0.2) is 12.2 Å². The molecule has 3 fully saturated rings. The van der Waals surface area contributed by atoms with Crippen molar-refractivity contribution in [2.75, 3.05) is 24.7 Å². The van der Waals surface area contributed by atoms with E-state index in [1.165, 1.54) is 17.9 Å². The lowest BCUT2D eigenvalue weighted by Crippen LogP contribution is -2.50. The summed E-state index contributed by atoms with van der Waals surface area (Å²) in [6.45, 7) is 8.00. The molecular weight excluding hydrogens is 364 g/mol. The van der Waals surface area contributed by atoms with Crippen LogP contribution in [0.4, 0.5) is 0 Å². The molecule has 0 aromatic rings. The average molecular weight is 399 g/mol. The summed E-state index contributed by atoms with van der Waals surface area (Å²) < 4.78 is 13.5. The van der Waals surface area contributed by atoms with Gasteiger partial charge in [0.25, 0.3) is 0 Å². The summed E-state index contributed by atoms with van der Waals surface area (Å²) in [5, 5.41) is 0. The predicted octanol–water partition coefficient (Wildman–Crippen LogP) is 5.29. The summed E-state index contributed by atoms with van der Waals surface area (Å²) in [5.74, 6) is 3.15. The van der Waals surface area contributed by atoms with Gasteiger partial charge in [-0.05, 0) is 37.7 Å². The van der Waals surface area contributed by atoms with Crippen LogP contribution in [0.3, 0.4) is 0 Å². The zero-order valence-electron chi connectivity index (χ0n) is 16.5. The molecule has 0 amide bonds. The van der Waals surface area contributed by atoms with Crippen LogP contribution in [0.25, 0.3) is 0 Å². The van der Waals surface area contributed by atoms with Crippen molar-refractivity contribution in [1.29, 1.82) is 0 Å². The van der Waals surface area contributed by atoms with Gasteiger partial charge in [-0.25, -0.2) is 0 Å². The Morgan fingerprint density at radius 3 is 2.50 bits per heavy atom. The van der Waals surface area contributed by atoms with Crippen molar-refractivity contribution >= 4 is 29.3 Å². The molecule has 0 aromatic carbocycles. The van der Waals surface area contributed by atoms with Crippen LogP contribution in [0.2, 0.25) is 0 Å². The third kappa shape index (κ3) is 5.09. The first kappa shape index (κ1) is 20.8. The average Bonchev–Trinajstić information content (AvgIpc) is 3.23. The van der Waals surface area contributed by atoms with Gasteiger partial charge in [0, 0.05) is 35.7 Å². The van der Waals surface area contributed by atoms with Gasteiger partial charge in [-0.15, -0.1) is 23.5 Å². The zero-order valence-corrected chi connectivity index (χ0v) is 18.1. The van der Waals surface area contributed by atoms with Crippen LogP contribution < -0.4 is 0 Å². The molecule has 2 atom stereocenters. The number of rotatable bonds is 7. The second-order valence-corrected chi connectivity index (χ2v) is 11.6. The molecule has 5 heteroatoms. The molecule has 0 radical (unpaired) electrons. The van der Waals surface area contributed by atoms with E-state index in [2.05, 4.69) is 50.4 Å². The van der Waals surface area contributed by atoms with Crippen LogP contribution in [-0.2, 0) is 14.3 Å². The molecule has 0 aromatic heterocycles. The van der Waals surface area contributed by atoms with E-state index in [1.54, 1.807) is 0 Å². The van der Waals surface area contributed by atoms with Gasteiger partial charge in [-0.2, -0.15) is 0 Å². The van der Waals surface area contributed by atoms with E-state index in [9.17, 15) is 4.79 Å². The van der Waals surface area contributed by atoms with Crippen LogP contribution >= 0.6 is 23.5 Å². The van der Waals surface area contributed by atoms with Gasteiger partial charge in [0.05, 0.1) is 17.8 Å². The molecule has 1 saturated carbocycles. The van der Waals surface area contributed by atoms with Gasteiger partial charge in [-0.3, -0.25) is 4.79 Å². The van der Waals surface area contributed by atoms with Gasteiger partial charge in [0.2, 0.25) is 0 Å². The van der Waals surface area contributed by atoms with Crippen molar-refractivity contribution in [1.82, 2.24) is 0 Å². The number of thioether (sulfide) groups is 2. The van der Waals surface area contributed by atoms with Crippen molar-refractivity contribution in [2.24, 2.45) is 17.3 Å². The minimum Gasteiger partial charge on any atom is -0.349 e. The molecule has 2 heterocycles. The molecule has 3 nitrogen and oxygen atoms in total. The highest BCUT2D eigenvalue weighted by atomic mass is 32.2. The number of carbonyl (C=O) groups is 1. The quantitative estimate of drug-likeness (QED) is 0.544. The maximum absolute atomic E-state index is 12.0. The first-order valence-electron chi connectivity index (χ1n) is 10.2. The SMILES string of the molecule is CCCC(=O)C=C[C@H]1CCC2(OCC(C)(C)CO2)[C@@H]1CCC1SCCS1. The highest BCUT2D eigenvalue weighted by Crippen LogP contribution is 2.51. The number of allylic oxidation sites excluding steroid dienone is 2. The second kappa shape index (κ2) is 9.02. The van der Waals surface area contributed by atoms with E-state index < -0.39 is 5.79 Å². The molecule has 3 aliphatic rings. The maximum atomic E-state index is 12.0. The molecule has 0 bridgehead atoms. The van der Waals surface area contributed by atoms with Crippen molar-refractivity contribution < 1.29 is 14.3 Å². The molecule has 3 rings (SSSR count). The fourth-order valence-electron chi connectivity index (χ4n) is 4.27. The highest BCUT2D eigenvalue weighted by Gasteiger charge is 2.52. The maximum Gasteiger partial charge on any atom is 0.171 e. The Kier molecular flexibility index (Phi) is 7.20. The lowest BCUT2D eigenvalue weighted by Gasteiger charge is -2.45. The highest BCUT2D eigenvalue weighted by molar-refractivity contribution is 8.20. The van der Waals surface area contributed by atoms with E-state index in [-0.39, 0.29) is 11.2 Å². The first-order chi connectivity index (χ1) is 12.4. The molecular formula is C21H34O3S2.